The van der Waals surface area contributed by atoms with Crippen LogP contribution in [0.3, 0.4) is 0 Å². The first-order chi connectivity index (χ1) is 15.0. The highest BCUT2D eigenvalue weighted by Crippen LogP contribution is 2.37. The topological polar surface area (TPSA) is 111 Å². The Morgan fingerprint density at radius 3 is 2.90 bits per heavy atom. The van der Waals surface area contributed by atoms with E-state index in [-0.39, 0.29) is 35.5 Å². The van der Waals surface area contributed by atoms with Crippen LogP contribution in [0.25, 0.3) is 21.9 Å². The van der Waals surface area contributed by atoms with Gasteiger partial charge in [0.2, 0.25) is 22.8 Å². The van der Waals surface area contributed by atoms with E-state index in [0.29, 0.717) is 34.9 Å². The zero-order valence-corrected chi connectivity index (χ0v) is 17.5. The molecular formula is C21H18ClN5O4. The molecule has 0 bridgehead atoms. The smallest absolute Gasteiger partial charge is 0.289 e. The van der Waals surface area contributed by atoms with Gasteiger partial charge in [-0.25, -0.2) is 9.97 Å². The highest BCUT2D eigenvalue weighted by molar-refractivity contribution is 6.28. The number of fused-ring (bicyclic) bond motifs is 5. The number of nitrogens with zero attached hydrogens (tertiary/aromatic N) is 3. The Morgan fingerprint density at radius 1 is 1.19 bits per heavy atom. The minimum absolute atomic E-state index is 0.0130. The molecule has 2 N–H and O–H groups in total. The first kappa shape index (κ1) is 19.5. The number of pyridine rings is 1. The standard InChI is InChI=1S/C21H18ClN5O4/c1-10-8-23-18-17-12-3-6-15(31-16-7-11(9-29-2)25-21(22)27-16)26-13(12)4-5-14(17)30-19(18)20(28)24-10/h3-7,10,23H,8-9H2,1-2H3,(H,24,28)/t10-/m1/s1. The molecule has 10 heteroatoms. The maximum atomic E-state index is 12.5. The molecule has 31 heavy (non-hydrogen) atoms. The average molecular weight is 440 g/mol. The molecule has 158 valence electrons. The van der Waals surface area contributed by atoms with Crippen molar-refractivity contribution in [1.29, 1.82) is 0 Å². The van der Waals surface area contributed by atoms with Crippen LogP contribution in [0, 0.1) is 0 Å². The van der Waals surface area contributed by atoms with Gasteiger partial charge in [0.25, 0.3) is 5.91 Å². The molecule has 1 aliphatic rings. The molecule has 9 nitrogen and oxygen atoms in total. The summed E-state index contributed by atoms with van der Waals surface area (Å²) in [6.07, 6.45) is 0. The molecule has 4 aromatic rings. The molecule has 4 heterocycles. The quantitative estimate of drug-likeness (QED) is 0.460. The Balaban J connectivity index is 1.55. The van der Waals surface area contributed by atoms with Gasteiger partial charge in [-0.1, -0.05) is 0 Å². The molecule has 0 saturated heterocycles. The first-order valence-corrected chi connectivity index (χ1v) is 10.0. The Labute approximate surface area is 181 Å². The molecule has 0 fully saturated rings. The lowest BCUT2D eigenvalue weighted by molar-refractivity contribution is 0.0920. The number of ether oxygens (including phenoxy) is 2. The monoisotopic (exact) mass is 439 g/mol. The molecule has 0 radical (unpaired) electrons. The second-order valence-corrected chi connectivity index (χ2v) is 7.56. The van der Waals surface area contributed by atoms with E-state index in [9.17, 15) is 4.79 Å². The molecule has 1 aliphatic heterocycles. The van der Waals surface area contributed by atoms with E-state index < -0.39 is 0 Å². The van der Waals surface area contributed by atoms with Crippen LogP contribution in [0.5, 0.6) is 11.8 Å². The van der Waals surface area contributed by atoms with Crippen LogP contribution in [-0.2, 0) is 11.3 Å². The van der Waals surface area contributed by atoms with Crippen molar-refractivity contribution in [2.75, 3.05) is 19.0 Å². The summed E-state index contributed by atoms with van der Waals surface area (Å²) in [4.78, 5) is 25.2. The van der Waals surface area contributed by atoms with Crippen LogP contribution < -0.4 is 15.4 Å². The number of hydrogen-bond donors (Lipinski definition) is 2. The van der Waals surface area contributed by atoms with Gasteiger partial charge in [-0.3, -0.25) is 4.79 Å². The molecule has 0 saturated carbocycles. The summed E-state index contributed by atoms with van der Waals surface area (Å²) in [7, 11) is 1.57. The predicted molar refractivity (Wildman–Crippen MR) is 115 cm³/mol. The first-order valence-electron chi connectivity index (χ1n) is 9.63. The van der Waals surface area contributed by atoms with Crippen molar-refractivity contribution in [1.82, 2.24) is 20.3 Å². The number of halogens is 1. The summed E-state index contributed by atoms with van der Waals surface area (Å²) in [5.74, 6) is 0.647. The Bertz CT molecular complexity index is 1320. The number of nitrogens with one attached hydrogen (secondary N) is 2. The summed E-state index contributed by atoms with van der Waals surface area (Å²) in [6, 6.07) is 8.84. The average Bonchev–Trinajstić information content (AvgIpc) is 3.04. The van der Waals surface area contributed by atoms with Crippen LogP contribution in [-0.4, -0.2) is 40.6 Å². The fourth-order valence-electron chi connectivity index (χ4n) is 3.59. The maximum absolute atomic E-state index is 12.5. The van der Waals surface area contributed by atoms with Gasteiger partial charge in [-0.2, -0.15) is 4.98 Å². The van der Waals surface area contributed by atoms with E-state index in [1.807, 2.05) is 19.1 Å². The second-order valence-electron chi connectivity index (χ2n) is 7.22. The van der Waals surface area contributed by atoms with E-state index in [4.69, 9.17) is 25.5 Å². The second kappa shape index (κ2) is 7.68. The number of rotatable bonds is 4. The van der Waals surface area contributed by atoms with Gasteiger partial charge in [0.1, 0.15) is 5.58 Å². The van der Waals surface area contributed by atoms with Gasteiger partial charge < -0.3 is 24.5 Å². The van der Waals surface area contributed by atoms with Crippen molar-refractivity contribution in [3.05, 3.63) is 47.1 Å². The van der Waals surface area contributed by atoms with Crippen LogP contribution in [0.4, 0.5) is 5.69 Å². The number of hydrogen-bond acceptors (Lipinski definition) is 8. The lowest BCUT2D eigenvalue weighted by Gasteiger charge is -2.10. The van der Waals surface area contributed by atoms with Gasteiger partial charge in [-0.05, 0) is 36.7 Å². The van der Waals surface area contributed by atoms with Gasteiger partial charge in [0.05, 0.1) is 28.9 Å². The maximum Gasteiger partial charge on any atom is 0.289 e. The SMILES string of the molecule is COCc1cc(Oc2ccc3c(ccc4oc5c(c43)NC[C@@H](C)NC5=O)n2)nc(Cl)n1. The van der Waals surface area contributed by atoms with E-state index >= 15 is 0 Å². The molecule has 0 aliphatic carbocycles. The third kappa shape index (κ3) is 3.62. The normalized spacial score (nSPS) is 16.0. The lowest BCUT2D eigenvalue weighted by Crippen LogP contribution is -2.34. The number of amides is 1. The van der Waals surface area contributed by atoms with Crippen LogP contribution in [0.15, 0.2) is 34.7 Å². The summed E-state index contributed by atoms with van der Waals surface area (Å²) < 4.78 is 16.7. The third-order valence-corrected chi connectivity index (χ3v) is 5.06. The number of carbonyl (C=O) groups is 1. The van der Waals surface area contributed by atoms with Crippen LogP contribution in [0.1, 0.15) is 23.2 Å². The van der Waals surface area contributed by atoms with Crippen molar-refractivity contribution < 1.29 is 18.7 Å². The minimum Gasteiger partial charge on any atom is -0.449 e. The Morgan fingerprint density at radius 2 is 2.06 bits per heavy atom. The van der Waals surface area contributed by atoms with E-state index in [1.54, 1.807) is 25.3 Å². The summed E-state index contributed by atoms with van der Waals surface area (Å²) in [5, 5.41) is 7.93. The lowest BCUT2D eigenvalue weighted by atomic mass is 10.1. The molecule has 0 unspecified atom stereocenters. The highest BCUT2D eigenvalue weighted by atomic mass is 35.5. The van der Waals surface area contributed by atoms with E-state index in [1.165, 1.54) is 0 Å². The Hall–Kier alpha value is -3.43. The van der Waals surface area contributed by atoms with Crippen LogP contribution >= 0.6 is 11.6 Å². The summed E-state index contributed by atoms with van der Waals surface area (Å²) >= 11 is 5.97. The van der Waals surface area contributed by atoms with Gasteiger partial charge >= 0.3 is 0 Å². The molecule has 0 spiro atoms. The number of benzene rings is 1. The van der Waals surface area contributed by atoms with Crippen molar-refractivity contribution in [3.8, 4) is 11.8 Å². The van der Waals surface area contributed by atoms with Crippen molar-refractivity contribution in [2.24, 2.45) is 0 Å². The Kier molecular flexibility index (Phi) is 4.84. The number of anilines is 1. The van der Waals surface area contributed by atoms with E-state index in [0.717, 1.165) is 10.8 Å². The fourth-order valence-corrected chi connectivity index (χ4v) is 3.78. The predicted octanol–water partition coefficient (Wildman–Crippen LogP) is 3.91. The molecule has 3 aromatic heterocycles. The number of methoxy groups -OCH3 is 1. The van der Waals surface area contributed by atoms with Crippen molar-refractivity contribution in [2.45, 2.75) is 19.6 Å². The zero-order chi connectivity index (χ0) is 21.5. The minimum atomic E-state index is -0.239. The molecule has 1 atom stereocenters. The number of aromatic nitrogens is 3. The zero-order valence-electron chi connectivity index (χ0n) is 16.7. The number of carbonyl (C=O) groups excluding carboxylic acids is 1. The van der Waals surface area contributed by atoms with Crippen molar-refractivity contribution in [3.63, 3.8) is 0 Å². The molecule has 5 rings (SSSR count). The largest absolute Gasteiger partial charge is 0.449 e. The summed E-state index contributed by atoms with van der Waals surface area (Å²) in [5.41, 5.74) is 2.56. The summed E-state index contributed by atoms with van der Waals surface area (Å²) in [6.45, 7) is 2.81. The van der Waals surface area contributed by atoms with E-state index in [2.05, 4.69) is 25.6 Å². The highest BCUT2D eigenvalue weighted by Gasteiger charge is 2.26. The van der Waals surface area contributed by atoms with Crippen molar-refractivity contribution >= 4 is 45.1 Å². The molecule has 1 aromatic carbocycles. The molecular weight excluding hydrogens is 422 g/mol. The number of furan rings is 1. The van der Waals surface area contributed by atoms with Gasteiger partial charge in [-0.15, -0.1) is 0 Å². The van der Waals surface area contributed by atoms with Gasteiger partial charge in [0.15, 0.2) is 0 Å². The molecule has 1 amide bonds. The fraction of sp³-hybridized carbons (Fsp3) is 0.238. The van der Waals surface area contributed by atoms with Gasteiger partial charge in [0, 0.05) is 37.2 Å². The third-order valence-electron chi connectivity index (χ3n) is 4.90. The van der Waals surface area contributed by atoms with Crippen LogP contribution in [0.2, 0.25) is 5.28 Å².